The summed E-state index contributed by atoms with van der Waals surface area (Å²) in [5, 5.41) is 25.8. The Balaban J connectivity index is 3.13. The first-order valence-corrected chi connectivity index (χ1v) is 3.81. The molecule has 5 heteroatoms. The van der Waals surface area contributed by atoms with Crippen molar-refractivity contribution in [3.05, 3.63) is 0 Å². The number of hydrogen-bond donors (Lipinski definition) is 3. The molecule has 5 nitrogen and oxygen atoms in total. The number of ether oxygens (including phenoxy) is 2. The molecule has 0 rings (SSSR count). The maximum absolute atomic E-state index is 9.03. The number of rotatable bonds is 7. The van der Waals surface area contributed by atoms with Crippen LogP contribution < -0.4 is 0 Å². The molecule has 0 spiro atoms. The molecule has 0 aliphatic heterocycles. The summed E-state index contributed by atoms with van der Waals surface area (Å²) in [7, 11) is 1.53. The molecule has 0 aliphatic rings. The van der Waals surface area contributed by atoms with Crippen LogP contribution in [-0.4, -0.2) is 48.2 Å². The van der Waals surface area contributed by atoms with Crippen molar-refractivity contribution < 1.29 is 24.8 Å². The second kappa shape index (κ2) is 7.45. The zero-order valence-electron chi connectivity index (χ0n) is 7.14. The Labute approximate surface area is 71.5 Å². The number of aliphatic hydroxyl groups is 3. The van der Waals surface area contributed by atoms with Gasteiger partial charge in [-0.3, -0.25) is 0 Å². The molecule has 0 aromatic heterocycles. The van der Waals surface area contributed by atoms with Crippen molar-refractivity contribution in [1.29, 1.82) is 0 Å². The molecule has 0 heterocycles. The highest BCUT2D eigenvalue weighted by Crippen LogP contribution is 1.96. The first kappa shape index (κ1) is 11.8. The highest BCUT2D eigenvalue weighted by Gasteiger charge is 2.04. The van der Waals surface area contributed by atoms with Crippen molar-refractivity contribution in [3.63, 3.8) is 0 Å². The Morgan fingerprint density at radius 3 is 2.25 bits per heavy atom. The molecule has 1 unspecified atom stereocenters. The maximum Gasteiger partial charge on any atom is 0.156 e. The van der Waals surface area contributed by atoms with Crippen molar-refractivity contribution >= 4 is 0 Å². The quantitative estimate of drug-likeness (QED) is 0.441. The number of aliphatic hydroxyl groups excluding tert-OH is 2. The average molecular weight is 180 g/mol. The summed E-state index contributed by atoms with van der Waals surface area (Å²) in [4.78, 5) is 0. The van der Waals surface area contributed by atoms with Crippen LogP contribution in [0.2, 0.25) is 0 Å². The molecule has 12 heavy (non-hydrogen) atoms. The standard InChI is InChI=1S/C7H16O5/c1-11-4-3-7(10)12-5-2-6(8)9/h6-10H,2-5H2,1H3. The Kier molecular flexibility index (Phi) is 7.33. The Bertz CT molecular complexity index is 95.8. The van der Waals surface area contributed by atoms with Crippen molar-refractivity contribution in [3.8, 4) is 0 Å². The first-order chi connectivity index (χ1) is 5.66. The van der Waals surface area contributed by atoms with Crippen LogP contribution in [0.1, 0.15) is 12.8 Å². The lowest BCUT2D eigenvalue weighted by Crippen LogP contribution is -2.17. The van der Waals surface area contributed by atoms with Gasteiger partial charge in [-0.15, -0.1) is 0 Å². The fourth-order valence-electron chi connectivity index (χ4n) is 0.611. The molecule has 1 atom stereocenters. The van der Waals surface area contributed by atoms with Gasteiger partial charge in [-0.05, 0) is 0 Å². The normalized spacial score (nSPS) is 13.8. The van der Waals surface area contributed by atoms with E-state index in [-0.39, 0.29) is 13.0 Å². The molecular weight excluding hydrogens is 164 g/mol. The summed E-state index contributed by atoms with van der Waals surface area (Å²) in [6.45, 7) is 0.547. The SMILES string of the molecule is COCCC(O)OCCC(O)O. The largest absolute Gasteiger partial charge is 0.384 e. The molecular formula is C7H16O5. The predicted octanol–water partition coefficient (Wildman–Crippen LogP) is -0.941. The second-order valence-electron chi connectivity index (χ2n) is 2.38. The van der Waals surface area contributed by atoms with E-state index in [4.69, 9.17) is 24.8 Å². The number of methoxy groups -OCH3 is 1. The lowest BCUT2D eigenvalue weighted by Gasteiger charge is -2.11. The lowest BCUT2D eigenvalue weighted by molar-refractivity contribution is -0.131. The minimum absolute atomic E-state index is 0.101. The molecule has 0 fully saturated rings. The molecule has 0 bridgehead atoms. The highest BCUT2D eigenvalue weighted by atomic mass is 16.6. The molecule has 0 aromatic carbocycles. The molecule has 0 aliphatic carbocycles. The van der Waals surface area contributed by atoms with Crippen LogP contribution in [0.5, 0.6) is 0 Å². The van der Waals surface area contributed by atoms with E-state index in [0.29, 0.717) is 13.0 Å². The second-order valence-corrected chi connectivity index (χ2v) is 2.38. The van der Waals surface area contributed by atoms with Gasteiger partial charge in [0.2, 0.25) is 0 Å². The van der Waals surface area contributed by atoms with E-state index in [1.807, 2.05) is 0 Å². The van der Waals surface area contributed by atoms with Gasteiger partial charge in [0, 0.05) is 20.0 Å². The van der Waals surface area contributed by atoms with Gasteiger partial charge in [0.15, 0.2) is 12.6 Å². The number of hydrogen-bond acceptors (Lipinski definition) is 5. The van der Waals surface area contributed by atoms with Gasteiger partial charge in [0.25, 0.3) is 0 Å². The highest BCUT2D eigenvalue weighted by molar-refractivity contribution is 4.42. The van der Waals surface area contributed by atoms with Crippen LogP contribution in [-0.2, 0) is 9.47 Å². The molecule has 0 radical (unpaired) electrons. The van der Waals surface area contributed by atoms with Gasteiger partial charge in [-0.25, -0.2) is 0 Å². The molecule has 0 amide bonds. The summed E-state index contributed by atoms with van der Waals surface area (Å²) >= 11 is 0. The first-order valence-electron chi connectivity index (χ1n) is 3.81. The fraction of sp³-hybridized carbons (Fsp3) is 1.00. The maximum atomic E-state index is 9.03. The van der Waals surface area contributed by atoms with Crippen molar-refractivity contribution in [2.24, 2.45) is 0 Å². The zero-order chi connectivity index (χ0) is 9.40. The summed E-state index contributed by atoms with van der Waals surface area (Å²) < 4.78 is 9.51. The van der Waals surface area contributed by atoms with Gasteiger partial charge in [0.05, 0.1) is 13.2 Å². The van der Waals surface area contributed by atoms with Gasteiger partial charge < -0.3 is 24.8 Å². The van der Waals surface area contributed by atoms with E-state index in [1.54, 1.807) is 0 Å². The minimum Gasteiger partial charge on any atom is -0.384 e. The van der Waals surface area contributed by atoms with E-state index in [1.165, 1.54) is 7.11 Å². The lowest BCUT2D eigenvalue weighted by atomic mass is 10.4. The van der Waals surface area contributed by atoms with E-state index < -0.39 is 12.6 Å². The minimum atomic E-state index is -1.38. The van der Waals surface area contributed by atoms with E-state index in [2.05, 4.69) is 0 Å². The van der Waals surface area contributed by atoms with Crippen LogP contribution in [0.25, 0.3) is 0 Å². The molecule has 3 N–H and O–H groups in total. The topological polar surface area (TPSA) is 79.2 Å². The van der Waals surface area contributed by atoms with Crippen LogP contribution in [0.4, 0.5) is 0 Å². The van der Waals surface area contributed by atoms with E-state index in [9.17, 15) is 0 Å². The Hall–Kier alpha value is -0.200. The van der Waals surface area contributed by atoms with Crippen LogP contribution in [0.15, 0.2) is 0 Å². The third kappa shape index (κ3) is 7.90. The van der Waals surface area contributed by atoms with Gasteiger partial charge in [-0.2, -0.15) is 0 Å². The van der Waals surface area contributed by atoms with E-state index >= 15 is 0 Å². The molecule has 74 valence electrons. The van der Waals surface area contributed by atoms with Crippen molar-refractivity contribution in [2.45, 2.75) is 25.4 Å². The van der Waals surface area contributed by atoms with Crippen LogP contribution in [0.3, 0.4) is 0 Å². The molecule has 0 saturated carbocycles. The summed E-state index contributed by atoms with van der Waals surface area (Å²) in [5.74, 6) is 0. The monoisotopic (exact) mass is 180 g/mol. The summed E-state index contributed by atoms with van der Waals surface area (Å²) in [6.07, 6.45) is -1.77. The third-order valence-corrected chi connectivity index (χ3v) is 1.26. The van der Waals surface area contributed by atoms with Crippen LogP contribution in [0, 0.1) is 0 Å². The average Bonchev–Trinajstić information content (AvgIpc) is 2.00. The molecule has 0 saturated heterocycles. The Morgan fingerprint density at radius 1 is 1.08 bits per heavy atom. The smallest absolute Gasteiger partial charge is 0.156 e. The predicted molar refractivity (Wildman–Crippen MR) is 41.3 cm³/mol. The Morgan fingerprint density at radius 2 is 1.75 bits per heavy atom. The van der Waals surface area contributed by atoms with E-state index in [0.717, 1.165) is 0 Å². The third-order valence-electron chi connectivity index (χ3n) is 1.26. The fourth-order valence-corrected chi connectivity index (χ4v) is 0.611. The van der Waals surface area contributed by atoms with Gasteiger partial charge >= 0.3 is 0 Å². The summed E-state index contributed by atoms with van der Waals surface area (Å²) in [5.41, 5.74) is 0. The molecule has 0 aromatic rings. The summed E-state index contributed by atoms with van der Waals surface area (Å²) in [6, 6.07) is 0. The van der Waals surface area contributed by atoms with Crippen molar-refractivity contribution in [2.75, 3.05) is 20.3 Å². The van der Waals surface area contributed by atoms with Gasteiger partial charge in [-0.1, -0.05) is 0 Å². The van der Waals surface area contributed by atoms with Crippen molar-refractivity contribution in [1.82, 2.24) is 0 Å². The van der Waals surface area contributed by atoms with Crippen LogP contribution >= 0.6 is 0 Å². The van der Waals surface area contributed by atoms with Gasteiger partial charge in [0.1, 0.15) is 0 Å². The zero-order valence-corrected chi connectivity index (χ0v) is 7.14.